The van der Waals surface area contributed by atoms with Crippen molar-refractivity contribution in [1.29, 1.82) is 0 Å². The lowest BCUT2D eigenvalue weighted by Crippen LogP contribution is -2.20. The van der Waals surface area contributed by atoms with Gasteiger partial charge in [-0.1, -0.05) is 62.2 Å². The number of anilines is 1. The van der Waals surface area contributed by atoms with Gasteiger partial charge in [-0.2, -0.15) is 0 Å². The molecule has 0 spiro atoms. The maximum Gasteiger partial charge on any atom is 0.0340 e. The molecular formula is C20H25N. The lowest BCUT2D eigenvalue weighted by molar-refractivity contribution is 0.300. The smallest absolute Gasteiger partial charge is 0.0340 e. The molecule has 0 amide bonds. The van der Waals surface area contributed by atoms with Gasteiger partial charge in [0, 0.05) is 12.2 Å². The highest BCUT2D eigenvalue weighted by Crippen LogP contribution is 2.28. The van der Waals surface area contributed by atoms with Crippen LogP contribution in [0.3, 0.4) is 0 Å². The number of nitrogens with one attached hydrogen (secondary N) is 1. The van der Waals surface area contributed by atoms with Gasteiger partial charge in [0.25, 0.3) is 0 Å². The average molecular weight is 279 g/mol. The van der Waals surface area contributed by atoms with Crippen LogP contribution in [0.2, 0.25) is 0 Å². The van der Waals surface area contributed by atoms with Crippen LogP contribution in [0, 0.1) is 11.8 Å². The lowest BCUT2D eigenvalue weighted by atomic mass is 9.83. The van der Waals surface area contributed by atoms with Gasteiger partial charge in [0.1, 0.15) is 0 Å². The van der Waals surface area contributed by atoms with Crippen LogP contribution in [0.1, 0.15) is 32.6 Å². The third kappa shape index (κ3) is 3.87. The van der Waals surface area contributed by atoms with Gasteiger partial charge in [-0.3, -0.25) is 0 Å². The molecule has 1 aliphatic carbocycles. The Morgan fingerprint density at radius 1 is 0.810 bits per heavy atom. The molecule has 0 aromatic heterocycles. The van der Waals surface area contributed by atoms with E-state index in [1.807, 2.05) is 0 Å². The van der Waals surface area contributed by atoms with E-state index in [-0.39, 0.29) is 0 Å². The van der Waals surface area contributed by atoms with Gasteiger partial charge in [0.05, 0.1) is 0 Å². The van der Waals surface area contributed by atoms with Crippen molar-refractivity contribution in [3.05, 3.63) is 54.6 Å². The molecule has 0 radical (unpaired) electrons. The molecule has 110 valence electrons. The zero-order valence-electron chi connectivity index (χ0n) is 12.9. The molecule has 1 nitrogen and oxygen atoms in total. The molecule has 0 bridgehead atoms. The molecule has 0 aliphatic heterocycles. The van der Waals surface area contributed by atoms with E-state index in [4.69, 9.17) is 0 Å². The lowest BCUT2D eigenvalue weighted by Gasteiger charge is -2.26. The summed E-state index contributed by atoms with van der Waals surface area (Å²) >= 11 is 0. The van der Waals surface area contributed by atoms with Gasteiger partial charge in [0.2, 0.25) is 0 Å². The maximum absolute atomic E-state index is 3.61. The first-order valence-corrected chi connectivity index (χ1v) is 8.20. The Labute approximate surface area is 128 Å². The topological polar surface area (TPSA) is 12.0 Å². The van der Waals surface area contributed by atoms with Gasteiger partial charge in [-0.25, -0.2) is 0 Å². The Balaban J connectivity index is 1.55. The number of hydrogen-bond donors (Lipinski definition) is 1. The predicted molar refractivity (Wildman–Crippen MR) is 91.5 cm³/mol. The summed E-state index contributed by atoms with van der Waals surface area (Å²) in [5.74, 6) is 1.79. The standard InChI is InChI=1S/C20H25N/c1-16-7-9-17(10-8-16)15-21-20-13-11-19(12-14-20)18-5-3-2-4-6-18/h2-6,11-14,16-17,21H,7-10,15H2,1H3. The summed E-state index contributed by atoms with van der Waals surface area (Å²) in [5.41, 5.74) is 3.81. The zero-order valence-corrected chi connectivity index (χ0v) is 12.9. The van der Waals surface area contributed by atoms with E-state index in [0.29, 0.717) is 0 Å². The Bertz CT molecular complexity index is 536. The summed E-state index contributed by atoms with van der Waals surface area (Å²) in [7, 11) is 0. The van der Waals surface area contributed by atoms with E-state index in [2.05, 4.69) is 66.8 Å². The summed E-state index contributed by atoms with van der Waals surface area (Å²) in [6, 6.07) is 19.4. The summed E-state index contributed by atoms with van der Waals surface area (Å²) in [6.07, 6.45) is 5.57. The van der Waals surface area contributed by atoms with Crippen molar-refractivity contribution in [2.24, 2.45) is 11.8 Å². The van der Waals surface area contributed by atoms with Crippen LogP contribution in [-0.4, -0.2) is 6.54 Å². The monoisotopic (exact) mass is 279 g/mol. The normalized spacial score (nSPS) is 22.0. The summed E-state index contributed by atoms with van der Waals surface area (Å²) in [4.78, 5) is 0. The second kappa shape index (κ2) is 6.80. The highest BCUT2D eigenvalue weighted by molar-refractivity contribution is 5.65. The first-order chi connectivity index (χ1) is 10.3. The van der Waals surface area contributed by atoms with E-state index in [1.165, 1.54) is 42.5 Å². The van der Waals surface area contributed by atoms with Crippen molar-refractivity contribution in [3.63, 3.8) is 0 Å². The molecule has 0 heterocycles. The van der Waals surface area contributed by atoms with Crippen molar-refractivity contribution < 1.29 is 0 Å². The molecule has 1 saturated carbocycles. The molecule has 2 aromatic carbocycles. The van der Waals surface area contributed by atoms with E-state index in [9.17, 15) is 0 Å². The first kappa shape index (κ1) is 14.2. The molecule has 1 N–H and O–H groups in total. The van der Waals surface area contributed by atoms with Gasteiger partial charge in [-0.15, -0.1) is 0 Å². The van der Waals surface area contributed by atoms with Crippen LogP contribution in [0.4, 0.5) is 5.69 Å². The van der Waals surface area contributed by atoms with Crippen LogP contribution >= 0.6 is 0 Å². The van der Waals surface area contributed by atoms with Crippen LogP contribution in [0.25, 0.3) is 11.1 Å². The molecule has 3 rings (SSSR count). The Hall–Kier alpha value is -1.76. The van der Waals surface area contributed by atoms with E-state index < -0.39 is 0 Å². The number of rotatable bonds is 4. The van der Waals surface area contributed by atoms with Crippen LogP contribution in [-0.2, 0) is 0 Å². The minimum Gasteiger partial charge on any atom is -0.385 e. The number of benzene rings is 2. The molecule has 1 heteroatoms. The van der Waals surface area contributed by atoms with Gasteiger partial charge >= 0.3 is 0 Å². The van der Waals surface area contributed by atoms with E-state index in [0.717, 1.165) is 18.4 Å². The highest BCUT2D eigenvalue weighted by atomic mass is 14.9. The third-order valence-electron chi connectivity index (χ3n) is 4.72. The van der Waals surface area contributed by atoms with Gasteiger partial charge < -0.3 is 5.32 Å². The minimum absolute atomic E-state index is 0.856. The molecule has 0 atom stereocenters. The quantitative estimate of drug-likeness (QED) is 0.769. The van der Waals surface area contributed by atoms with Crippen LogP contribution in [0.15, 0.2) is 54.6 Å². The minimum atomic E-state index is 0.856. The highest BCUT2D eigenvalue weighted by Gasteiger charge is 2.17. The molecule has 2 aromatic rings. The van der Waals surface area contributed by atoms with E-state index >= 15 is 0 Å². The third-order valence-corrected chi connectivity index (χ3v) is 4.72. The fourth-order valence-electron chi connectivity index (χ4n) is 3.21. The van der Waals surface area contributed by atoms with Crippen molar-refractivity contribution in [1.82, 2.24) is 0 Å². The Kier molecular flexibility index (Phi) is 4.59. The predicted octanol–water partition coefficient (Wildman–Crippen LogP) is 5.59. The molecule has 0 unspecified atom stereocenters. The van der Waals surface area contributed by atoms with Crippen LogP contribution in [0.5, 0.6) is 0 Å². The number of hydrogen-bond acceptors (Lipinski definition) is 1. The van der Waals surface area contributed by atoms with Crippen molar-refractivity contribution in [2.45, 2.75) is 32.6 Å². The second-order valence-electron chi connectivity index (χ2n) is 6.45. The van der Waals surface area contributed by atoms with Crippen molar-refractivity contribution in [3.8, 4) is 11.1 Å². The Morgan fingerprint density at radius 2 is 1.43 bits per heavy atom. The summed E-state index contributed by atoms with van der Waals surface area (Å²) < 4.78 is 0. The molecule has 1 fully saturated rings. The first-order valence-electron chi connectivity index (χ1n) is 8.20. The average Bonchev–Trinajstić information content (AvgIpc) is 2.56. The Morgan fingerprint density at radius 3 is 2.10 bits per heavy atom. The second-order valence-corrected chi connectivity index (χ2v) is 6.45. The zero-order chi connectivity index (χ0) is 14.5. The van der Waals surface area contributed by atoms with Crippen molar-refractivity contribution >= 4 is 5.69 Å². The molecule has 21 heavy (non-hydrogen) atoms. The van der Waals surface area contributed by atoms with Crippen LogP contribution < -0.4 is 5.32 Å². The SMILES string of the molecule is CC1CCC(CNc2ccc(-c3ccccc3)cc2)CC1. The fraction of sp³-hybridized carbons (Fsp3) is 0.400. The molecular weight excluding hydrogens is 254 g/mol. The fourth-order valence-corrected chi connectivity index (χ4v) is 3.21. The summed E-state index contributed by atoms with van der Waals surface area (Å²) in [6.45, 7) is 3.50. The molecule has 0 saturated heterocycles. The van der Waals surface area contributed by atoms with Crippen molar-refractivity contribution in [2.75, 3.05) is 11.9 Å². The van der Waals surface area contributed by atoms with Gasteiger partial charge in [0.15, 0.2) is 0 Å². The van der Waals surface area contributed by atoms with Gasteiger partial charge in [-0.05, 0) is 47.9 Å². The molecule has 1 aliphatic rings. The largest absolute Gasteiger partial charge is 0.385 e. The van der Waals surface area contributed by atoms with E-state index in [1.54, 1.807) is 0 Å². The maximum atomic E-state index is 3.61. The summed E-state index contributed by atoms with van der Waals surface area (Å²) in [5, 5.41) is 3.61.